The molecule has 0 aliphatic carbocycles. The molecule has 1 aromatic heterocycles. The van der Waals surface area contributed by atoms with Crippen molar-refractivity contribution in [2.75, 3.05) is 6.61 Å². The van der Waals surface area contributed by atoms with Gasteiger partial charge in [-0.1, -0.05) is 24.3 Å². The molecular formula is C23H25NO4. The van der Waals surface area contributed by atoms with Crippen molar-refractivity contribution >= 4 is 22.8 Å². The predicted molar refractivity (Wildman–Crippen MR) is 108 cm³/mol. The first-order chi connectivity index (χ1) is 13.3. The van der Waals surface area contributed by atoms with Crippen molar-refractivity contribution in [3.8, 4) is 0 Å². The molecule has 3 aromatic rings. The maximum Gasteiger partial charge on any atom is 0.310 e. The number of hydrogen-bond acceptors (Lipinski definition) is 4. The summed E-state index contributed by atoms with van der Waals surface area (Å²) in [5.74, 6) is -0.785. The summed E-state index contributed by atoms with van der Waals surface area (Å²) in [5.41, 5.74) is 5.92. The quantitative estimate of drug-likeness (QED) is 0.648. The van der Waals surface area contributed by atoms with Crippen LogP contribution in [0.1, 0.15) is 40.8 Å². The van der Waals surface area contributed by atoms with Crippen LogP contribution < -0.4 is 5.32 Å². The number of benzene rings is 2. The van der Waals surface area contributed by atoms with E-state index in [1.54, 1.807) is 6.26 Å². The summed E-state index contributed by atoms with van der Waals surface area (Å²) in [4.78, 5) is 24.3. The van der Waals surface area contributed by atoms with Crippen LogP contribution in [0.5, 0.6) is 0 Å². The first-order valence-electron chi connectivity index (χ1n) is 9.33. The van der Waals surface area contributed by atoms with Crippen LogP contribution in [-0.4, -0.2) is 18.5 Å². The largest absolute Gasteiger partial charge is 0.464 e. The first kappa shape index (κ1) is 19.7. The minimum Gasteiger partial charge on any atom is -0.464 e. The standard InChI is InChI=1S/C23H25NO4/c1-14-7-5-6-8-19(14)17(4)24-22(25)13-28-23(26)11-18-12-27-21-10-16(3)15(2)9-20(18)21/h5-10,12,17H,11,13H2,1-4H3,(H,24,25). The smallest absolute Gasteiger partial charge is 0.310 e. The summed E-state index contributed by atoms with van der Waals surface area (Å²) in [6, 6.07) is 11.7. The highest BCUT2D eigenvalue weighted by Gasteiger charge is 2.16. The van der Waals surface area contributed by atoms with Gasteiger partial charge >= 0.3 is 5.97 Å². The van der Waals surface area contributed by atoms with Crippen molar-refractivity contribution in [2.24, 2.45) is 0 Å². The Hall–Kier alpha value is -3.08. The molecule has 1 amide bonds. The normalized spacial score (nSPS) is 12.0. The van der Waals surface area contributed by atoms with Gasteiger partial charge in [-0.05, 0) is 62.1 Å². The van der Waals surface area contributed by atoms with Gasteiger partial charge in [0, 0.05) is 10.9 Å². The fourth-order valence-electron chi connectivity index (χ4n) is 3.26. The van der Waals surface area contributed by atoms with Crippen molar-refractivity contribution in [1.29, 1.82) is 0 Å². The molecule has 1 N–H and O–H groups in total. The summed E-state index contributed by atoms with van der Waals surface area (Å²) in [6.45, 7) is 7.63. The molecule has 5 heteroatoms. The van der Waals surface area contributed by atoms with Gasteiger partial charge in [-0.15, -0.1) is 0 Å². The molecule has 0 saturated heterocycles. The fourth-order valence-corrected chi connectivity index (χ4v) is 3.26. The fraction of sp³-hybridized carbons (Fsp3) is 0.304. The minimum atomic E-state index is -0.459. The molecular weight excluding hydrogens is 354 g/mol. The lowest BCUT2D eigenvalue weighted by Gasteiger charge is -2.16. The molecule has 2 aromatic carbocycles. The van der Waals surface area contributed by atoms with Crippen molar-refractivity contribution < 1.29 is 18.7 Å². The van der Waals surface area contributed by atoms with Crippen LogP contribution in [0.3, 0.4) is 0 Å². The molecule has 146 valence electrons. The van der Waals surface area contributed by atoms with Crippen molar-refractivity contribution in [3.05, 3.63) is 70.5 Å². The van der Waals surface area contributed by atoms with Gasteiger partial charge in [0.25, 0.3) is 5.91 Å². The lowest BCUT2D eigenvalue weighted by Crippen LogP contribution is -2.31. The molecule has 3 rings (SSSR count). The zero-order valence-corrected chi connectivity index (χ0v) is 16.7. The maximum atomic E-state index is 12.2. The van der Waals surface area contributed by atoms with E-state index in [4.69, 9.17) is 9.15 Å². The van der Waals surface area contributed by atoms with Crippen LogP contribution >= 0.6 is 0 Å². The number of carbonyl (C=O) groups excluding carboxylic acids is 2. The van der Waals surface area contributed by atoms with Gasteiger partial charge in [-0.2, -0.15) is 0 Å². The summed E-state index contributed by atoms with van der Waals surface area (Å²) in [6.07, 6.45) is 1.64. The van der Waals surface area contributed by atoms with E-state index in [2.05, 4.69) is 5.32 Å². The number of rotatable bonds is 6. The second-order valence-electron chi connectivity index (χ2n) is 7.18. The number of amides is 1. The Bertz CT molecular complexity index is 1020. The van der Waals surface area contributed by atoms with E-state index in [1.807, 2.05) is 64.1 Å². The van der Waals surface area contributed by atoms with Gasteiger partial charge in [0.05, 0.1) is 18.7 Å². The molecule has 0 fully saturated rings. The van der Waals surface area contributed by atoms with Crippen molar-refractivity contribution in [1.82, 2.24) is 5.32 Å². The molecule has 0 saturated carbocycles. The molecule has 0 bridgehead atoms. The number of furan rings is 1. The molecule has 1 unspecified atom stereocenters. The van der Waals surface area contributed by atoms with Crippen molar-refractivity contribution in [2.45, 2.75) is 40.2 Å². The first-order valence-corrected chi connectivity index (χ1v) is 9.33. The zero-order valence-electron chi connectivity index (χ0n) is 16.7. The lowest BCUT2D eigenvalue weighted by atomic mass is 10.0. The molecule has 1 atom stereocenters. The average molecular weight is 379 g/mol. The van der Waals surface area contributed by atoms with Gasteiger partial charge in [0.1, 0.15) is 5.58 Å². The number of aryl methyl sites for hydroxylation is 3. The van der Waals surface area contributed by atoms with E-state index in [0.717, 1.165) is 38.8 Å². The van der Waals surface area contributed by atoms with Crippen LogP contribution in [0.2, 0.25) is 0 Å². The van der Waals surface area contributed by atoms with E-state index in [0.29, 0.717) is 0 Å². The Balaban J connectivity index is 1.55. The Kier molecular flexibility index (Phi) is 5.83. The highest BCUT2D eigenvalue weighted by Crippen LogP contribution is 2.25. The SMILES string of the molecule is Cc1cc2occ(CC(=O)OCC(=O)NC(C)c3ccccc3C)c2cc1C. The molecule has 0 spiro atoms. The third-order valence-corrected chi connectivity index (χ3v) is 5.00. The van der Waals surface area contributed by atoms with Crippen LogP contribution in [-0.2, 0) is 20.7 Å². The second kappa shape index (κ2) is 8.30. The number of ether oxygens (including phenoxy) is 1. The lowest BCUT2D eigenvalue weighted by molar-refractivity contribution is -0.148. The van der Waals surface area contributed by atoms with Crippen molar-refractivity contribution in [3.63, 3.8) is 0 Å². The van der Waals surface area contributed by atoms with E-state index >= 15 is 0 Å². The monoisotopic (exact) mass is 379 g/mol. The number of fused-ring (bicyclic) bond motifs is 1. The number of hydrogen-bond donors (Lipinski definition) is 1. The minimum absolute atomic E-state index is 0.0656. The van der Waals surface area contributed by atoms with E-state index in [-0.39, 0.29) is 25.0 Å². The maximum absolute atomic E-state index is 12.2. The zero-order chi connectivity index (χ0) is 20.3. The molecule has 0 radical (unpaired) electrons. The Morgan fingerprint density at radius 1 is 1.07 bits per heavy atom. The van der Waals surface area contributed by atoms with E-state index < -0.39 is 5.97 Å². The third kappa shape index (κ3) is 4.42. The average Bonchev–Trinajstić information content (AvgIpc) is 3.02. The van der Waals surface area contributed by atoms with E-state index in [1.165, 1.54) is 0 Å². The van der Waals surface area contributed by atoms with Gasteiger partial charge < -0.3 is 14.5 Å². The topological polar surface area (TPSA) is 68.5 Å². The number of esters is 1. The third-order valence-electron chi connectivity index (χ3n) is 5.00. The molecule has 1 heterocycles. The van der Waals surface area contributed by atoms with Crippen LogP contribution in [0.15, 0.2) is 47.1 Å². The van der Waals surface area contributed by atoms with Gasteiger partial charge in [-0.3, -0.25) is 9.59 Å². The number of nitrogens with one attached hydrogen (secondary N) is 1. The van der Waals surface area contributed by atoms with Crippen LogP contribution in [0.4, 0.5) is 0 Å². The Morgan fingerprint density at radius 3 is 2.54 bits per heavy atom. The van der Waals surface area contributed by atoms with E-state index in [9.17, 15) is 9.59 Å². The number of carbonyl (C=O) groups is 2. The summed E-state index contributed by atoms with van der Waals surface area (Å²) < 4.78 is 10.7. The van der Waals surface area contributed by atoms with Gasteiger partial charge in [0.2, 0.25) is 0 Å². The van der Waals surface area contributed by atoms with Crippen LogP contribution in [0.25, 0.3) is 11.0 Å². The molecule has 5 nitrogen and oxygen atoms in total. The predicted octanol–water partition coefficient (Wildman–Crippen LogP) is 4.32. The highest BCUT2D eigenvalue weighted by atomic mass is 16.5. The molecule has 0 aliphatic rings. The van der Waals surface area contributed by atoms with Gasteiger partial charge in [-0.25, -0.2) is 0 Å². The summed E-state index contributed by atoms with van der Waals surface area (Å²) in [7, 11) is 0. The Morgan fingerprint density at radius 2 is 1.79 bits per heavy atom. The Labute approximate surface area is 164 Å². The van der Waals surface area contributed by atoms with Crippen LogP contribution in [0, 0.1) is 20.8 Å². The highest BCUT2D eigenvalue weighted by molar-refractivity contribution is 5.87. The summed E-state index contributed by atoms with van der Waals surface area (Å²) >= 11 is 0. The second-order valence-corrected chi connectivity index (χ2v) is 7.18. The van der Waals surface area contributed by atoms with Gasteiger partial charge in [0.15, 0.2) is 6.61 Å². The molecule has 0 aliphatic heterocycles. The summed E-state index contributed by atoms with van der Waals surface area (Å²) in [5, 5.41) is 3.76. The molecule has 28 heavy (non-hydrogen) atoms.